The third-order valence-corrected chi connectivity index (χ3v) is 3.31. The Hall–Kier alpha value is -0.130. The lowest BCUT2D eigenvalue weighted by Crippen LogP contribution is -1.97. The van der Waals surface area contributed by atoms with E-state index in [1.54, 1.807) is 0 Å². The molecule has 0 amide bonds. The molecule has 130 valence electrons. The Kier molecular flexibility index (Phi) is 19.7. The first-order valence-corrected chi connectivity index (χ1v) is 10.4. The van der Waals surface area contributed by atoms with Crippen molar-refractivity contribution in [2.75, 3.05) is 12.8 Å². The van der Waals surface area contributed by atoms with Crippen LogP contribution in [0.3, 0.4) is 0 Å². The van der Waals surface area contributed by atoms with Crippen LogP contribution >= 0.6 is 0 Å². The van der Waals surface area contributed by atoms with Gasteiger partial charge >= 0.3 is 0 Å². The molecule has 21 heavy (non-hydrogen) atoms. The van der Waals surface area contributed by atoms with Crippen LogP contribution < -0.4 is 5.73 Å². The summed E-state index contributed by atoms with van der Waals surface area (Å²) in [6.07, 6.45) is 19.1. The van der Waals surface area contributed by atoms with Crippen molar-refractivity contribution in [3.05, 3.63) is 0 Å². The van der Waals surface area contributed by atoms with E-state index < -0.39 is 10.1 Å². The van der Waals surface area contributed by atoms with Gasteiger partial charge in [-0.25, -0.2) is 0 Å². The van der Waals surface area contributed by atoms with Crippen LogP contribution in [0.15, 0.2) is 0 Å². The average Bonchev–Trinajstić information content (AvgIpc) is 2.38. The molecular weight excluding hydrogens is 286 g/mol. The summed E-state index contributed by atoms with van der Waals surface area (Å²) in [6, 6.07) is 0. The fourth-order valence-corrected chi connectivity index (χ4v) is 2.16. The zero-order valence-corrected chi connectivity index (χ0v) is 15.0. The Bertz CT molecular complexity index is 257. The summed E-state index contributed by atoms with van der Waals surface area (Å²) in [6.45, 7) is 3.16. The van der Waals surface area contributed by atoms with Gasteiger partial charge < -0.3 is 5.73 Å². The molecule has 0 aliphatic carbocycles. The van der Waals surface area contributed by atoms with Gasteiger partial charge in [0.05, 0.1) is 6.26 Å². The van der Waals surface area contributed by atoms with Crippen LogP contribution in [0, 0.1) is 0 Å². The molecule has 3 N–H and O–H groups in total. The van der Waals surface area contributed by atoms with Crippen molar-refractivity contribution in [3.8, 4) is 0 Å². The molecule has 0 aromatic heterocycles. The lowest BCUT2D eigenvalue weighted by atomic mass is 10.0. The van der Waals surface area contributed by atoms with Gasteiger partial charge in [0.25, 0.3) is 10.1 Å². The monoisotopic (exact) mass is 323 g/mol. The lowest BCUT2D eigenvalue weighted by molar-refractivity contribution is 0.490. The van der Waals surface area contributed by atoms with E-state index in [1.807, 2.05) is 0 Å². The van der Waals surface area contributed by atoms with Crippen molar-refractivity contribution in [1.82, 2.24) is 0 Å². The van der Waals surface area contributed by atoms with Crippen molar-refractivity contribution in [1.29, 1.82) is 0 Å². The summed E-state index contributed by atoms with van der Waals surface area (Å²) in [5.41, 5.74) is 5.46. The maximum absolute atomic E-state index is 9.19. The average molecular weight is 324 g/mol. The van der Waals surface area contributed by atoms with E-state index in [0.717, 1.165) is 6.54 Å². The lowest BCUT2D eigenvalue weighted by Gasteiger charge is -2.02. The van der Waals surface area contributed by atoms with Gasteiger partial charge in [-0.05, 0) is 13.0 Å². The summed E-state index contributed by atoms with van der Waals surface area (Å²) >= 11 is 0. The van der Waals surface area contributed by atoms with E-state index in [0.29, 0.717) is 6.26 Å². The van der Waals surface area contributed by atoms with Gasteiger partial charge in [0, 0.05) is 0 Å². The molecular formula is C16H37NO3S. The molecule has 0 heterocycles. The highest BCUT2D eigenvalue weighted by Crippen LogP contribution is 2.12. The summed E-state index contributed by atoms with van der Waals surface area (Å²) in [5.74, 6) is 0. The second-order valence-electron chi connectivity index (χ2n) is 5.76. The van der Waals surface area contributed by atoms with E-state index >= 15 is 0 Å². The number of unbranched alkanes of at least 4 members (excludes halogenated alkanes) is 12. The normalized spacial score (nSPS) is 11.0. The van der Waals surface area contributed by atoms with E-state index in [2.05, 4.69) is 6.92 Å². The SMILES string of the molecule is CCCCCCCCCCCCCCCN.CS(=O)(=O)O. The van der Waals surface area contributed by atoms with Gasteiger partial charge in [0.15, 0.2) is 0 Å². The molecule has 0 aromatic carbocycles. The molecule has 0 rings (SSSR count). The minimum Gasteiger partial charge on any atom is -0.330 e. The summed E-state index contributed by atoms with van der Waals surface area (Å²) in [7, 11) is -3.67. The smallest absolute Gasteiger partial charge is 0.261 e. The maximum Gasteiger partial charge on any atom is 0.261 e. The first kappa shape index (κ1) is 23.1. The molecule has 0 aromatic rings. The molecule has 0 radical (unpaired) electrons. The molecule has 0 atom stereocenters. The van der Waals surface area contributed by atoms with E-state index in [4.69, 9.17) is 10.3 Å². The van der Waals surface area contributed by atoms with Crippen LogP contribution in [0.5, 0.6) is 0 Å². The Morgan fingerprint density at radius 1 is 0.714 bits per heavy atom. The standard InChI is InChI=1S/C15H33N.CH4O3S/c1-2-3-4-5-6-7-8-9-10-11-12-13-14-15-16;1-5(2,3)4/h2-16H2,1H3;1H3,(H,2,3,4). The molecule has 0 saturated carbocycles. The van der Waals surface area contributed by atoms with Gasteiger partial charge in [-0.15, -0.1) is 0 Å². The van der Waals surface area contributed by atoms with Crippen molar-refractivity contribution in [2.24, 2.45) is 5.73 Å². The van der Waals surface area contributed by atoms with Gasteiger partial charge in [-0.1, -0.05) is 84.0 Å². The first-order chi connectivity index (χ1) is 9.91. The van der Waals surface area contributed by atoms with Crippen LogP contribution in [0.4, 0.5) is 0 Å². The molecule has 0 aliphatic rings. The summed E-state index contributed by atoms with van der Waals surface area (Å²) in [4.78, 5) is 0. The Morgan fingerprint density at radius 2 is 0.952 bits per heavy atom. The van der Waals surface area contributed by atoms with E-state index in [-0.39, 0.29) is 0 Å². The fraction of sp³-hybridized carbons (Fsp3) is 1.00. The van der Waals surface area contributed by atoms with Crippen LogP contribution in [-0.4, -0.2) is 25.8 Å². The van der Waals surface area contributed by atoms with Crippen molar-refractivity contribution in [3.63, 3.8) is 0 Å². The second-order valence-corrected chi connectivity index (χ2v) is 7.23. The largest absolute Gasteiger partial charge is 0.330 e. The molecule has 0 unspecified atom stereocenters. The van der Waals surface area contributed by atoms with Crippen LogP contribution in [-0.2, 0) is 10.1 Å². The van der Waals surface area contributed by atoms with Crippen LogP contribution in [0.2, 0.25) is 0 Å². The van der Waals surface area contributed by atoms with Gasteiger partial charge in [-0.2, -0.15) is 8.42 Å². The zero-order chi connectivity index (χ0) is 16.4. The number of rotatable bonds is 13. The Morgan fingerprint density at radius 3 is 1.19 bits per heavy atom. The van der Waals surface area contributed by atoms with Crippen LogP contribution in [0.1, 0.15) is 90.4 Å². The molecule has 0 aliphatic heterocycles. The fourth-order valence-electron chi connectivity index (χ4n) is 2.16. The third-order valence-electron chi connectivity index (χ3n) is 3.31. The number of nitrogens with two attached hydrogens (primary N) is 1. The highest BCUT2D eigenvalue weighted by molar-refractivity contribution is 7.85. The topological polar surface area (TPSA) is 80.4 Å². The molecule has 5 heteroatoms. The first-order valence-electron chi connectivity index (χ1n) is 8.54. The van der Waals surface area contributed by atoms with Crippen molar-refractivity contribution < 1.29 is 13.0 Å². The van der Waals surface area contributed by atoms with Crippen LogP contribution in [0.25, 0.3) is 0 Å². The number of hydrogen-bond donors (Lipinski definition) is 2. The molecule has 4 nitrogen and oxygen atoms in total. The minimum absolute atomic E-state index is 0.715. The quantitative estimate of drug-likeness (QED) is 0.385. The third kappa shape index (κ3) is 38.3. The van der Waals surface area contributed by atoms with Gasteiger partial charge in [-0.3, -0.25) is 4.55 Å². The highest BCUT2D eigenvalue weighted by atomic mass is 32.2. The summed E-state index contributed by atoms with van der Waals surface area (Å²) in [5, 5.41) is 0. The van der Waals surface area contributed by atoms with Crippen molar-refractivity contribution >= 4 is 10.1 Å². The highest BCUT2D eigenvalue weighted by Gasteiger charge is 1.92. The van der Waals surface area contributed by atoms with Gasteiger partial charge in [0.2, 0.25) is 0 Å². The zero-order valence-electron chi connectivity index (χ0n) is 14.1. The summed E-state index contributed by atoms with van der Waals surface area (Å²) < 4.78 is 25.9. The molecule has 0 fully saturated rings. The Balaban J connectivity index is 0. The molecule has 0 saturated heterocycles. The van der Waals surface area contributed by atoms with Crippen molar-refractivity contribution in [2.45, 2.75) is 90.4 Å². The minimum atomic E-state index is -3.67. The predicted octanol–water partition coefficient (Wildman–Crippen LogP) is 4.54. The number of hydrogen-bond acceptors (Lipinski definition) is 3. The van der Waals surface area contributed by atoms with E-state index in [1.165, 1.54) is 83.5 Å². The Labute approximate surface area is 132 Å². The van der Waals surface area contributed by atoms with Gasteiger partial charge in [0.1, 0.15) is 0 Å². The predicted molar refractivity (Wildman–Crippen MR) is 92.2 cm³/mol. The maximum atomic E-state index is 9.19. The second kappa shape index (κ2) is 17.9. The molecule has 0 bridgehead atoms. The molecule has 0 spiro atoms. The van der Waals surface area contributed by atoms with E-state index in [9.17, 15) is 8.42 Å².